The summed E-state index contributed by atoms with van der Waals surface area (Å²) in [6.07, 6.45) is 8.64. The molecule has 0 heterocycles. The van der Waals surface area contributed by atoms with E-state index in [0.717, 1.165) is 37.7 Å². The lowest BCUT2D eigenvalue weighted by molar-refractivity contribution is -0.164. The van der Waals surface area contributed by atoms with Crippen LogP contribution in [0.3, 0.4) is 0 Å². The fourth-order valence-electron chi connectivity index (χ4n) is 6.83. The Morgan fingerprint density at radius 1 is 1.17 bits per heavy atom. The zero-order chi connectivity index (χ0) is 17.1. The third-order valence-corrected chi connectivity index (χ3v) is 8.11. The number of allylic oxidation sites excluding steroid dienone is 1. The Bertz CT molecular complexity index is 570. The van der Waals surface area contributed by atoms with E-state index in [1.807, 2.05) is 0 Å². The maximum Gasteiger partial charge on any atom is 0.316 e. The molecule has 0 unspecified atom stereocenters. The van der Waals surface area contributed by atoms with Gasteiger partial charge in [-0.05, 0) is 74.5 Å². The molecule has 24 heavy (non-hydrogen) atoms. The van der Waals surface area contributed by atoms with Gasteiger partial charge in [-0.15, -0.1) is 0 Å². The van der Waals surface area contributed by atoms with E-state index in [1.54, 1.807) is 0 Å². The predicted octanol–water partition coefficient (Wildman–Crippen LogP) is 2.82. The summed E-state index contributed by atoms with van der Waals surface area (Å²) in [4.78, 5) is 12.9. The molecule has 134 valence electrons. The molecular formula is C20H30O4. The van der Waals surface area contributed by atoms with Crippen LogP contribution in [0.25, 0.3) is 0 Å². The Balaban J connectivity index is 1.75. The van der Waals surface area contributed by atoms with Crippen molar-refractivity contribution in [2.45, 2.75) is 70.5 Å². The highest BCUT2D eigenvalue weighted by atomic mass is 16.5. The molecule has 4 heteroatoms. The first-order valence-electron chi connectivity index (χ1n) is 9.57. The number of hydrogen-bond acceptors (Lipinski definition) is 4. The number of carbonyl (C=O) groups is 1. The Hall–Kier alpha value is -0.870. The summed E-state index contributed by atoms with van der Waals surface area (Å²) in [6, 6.07) is 0. The van der Waals surface area contributed by atoms with Gasteiger partial charge in [0.25, 0.3) is 0 Å². The van der Waals surface area contributed by atoms with Crippen LogP contribution >= 0.6 is 0 Å². The third kappa shape index (κ3) is 2.02. The number of rotatable bonds is 1. The van der Waals surface area contributed by atoms with Crippen molar-refractivity contribution in [1.29, 1.82) is 0 Å². The monoisotopic (exact) mass is 334 g/mol. The lowest BCUT2D eigenvalue weighted by Gasteiger charge is -2.57. The standard InChI is InChI=1S/C20H30O4/c1-19-9-8-16-14(15(19)5-6-17(19)22)4-3-12-11-13(21)7-10-20(12,16)18(23)24-2/h3,13-17,21-22H,4-11H2,1-2H3/t13-,14-,15-,16-,17-,19-,20+/m0/s1. The molecule has 3 saturated carbocycles. The van der Waals surface area contributed by atoms with Crippen LogP contribution in [-0.4, -0.2) is 35.5 Å². The highest BCUT2D eigenvalue weighted by molar-refractivity contribution is 5.82. The number of carbonyl (C=O) groups excluding carboxylic acids is 1. The Morgan fingerprint density at radius 2 is 1.96 bits per heavy atom. The Kier molecular flexibility index (Phi) is 3.85. The molecule has 0 bridgehead atoms. The lowest BCUT2D eigenvalue weighted by Crippen LogP contribution is -2.55. The van der Waals surface area contributed by atoms with Crippen molar-refractivity contribution in [1.82, 2.24) is 0 Å². The smallest absolute Gasteiger partial charge is 0.316 e. The molecule has 4 aliphatic rings. The molecule has 0 aromatic heterocycles. The molecular weight excluding hydrogens is 304 g/mol. The van der Waals surface area contributed by atoms with Gasteiger partial charge in [0.15, 0.2) is 0 Å². The minimum absolute atomic E-state index is 0.0119. The van der Waals surface area contributed by atoms with Crippen LogP contribution in [0.4, 0.5) is 0 Å². The summed E-state index contributed by atoms with van der Waals surface area (Å²) >= 11 is 0. The summed E-state index contributed by atoms with van der Waals surface area (Å²) in [5, 5.41) is 20.6. The zero-order valence-electron chi connectivity index (χ0n) is 14.8. The van der Waals surface area contributed by atoms with Crippen molar-refractivity contribution < 1.29 is 19.7 Å². The second kappa shape index (κ2) is 5.57. The van der Waals surface area contributed by atoms with E-state index in [9.17, 15) is 15.0 Å². The van der Waals surface area contributed by atoms with Gasteiger partial charge in [-0.1, -0.05) is 18.6 Å². The molecule has 4 aliphatic carbocycles. The number of aliphatic hydroxyl groups is 2. The van der Waals surface area contributed by atoms with E-state index in [0.29, 0.717) is 37.0 Å². The number of esters is 1. The Labute approximate surface area is 144 Å². The molecule has 0 amide bonds. The average Bonchev–Trinajstić information content (AvgIpc) is 2.89. The summed E-state index contributed by atoms with van der Waals surface area (Å²) in [7, 11) is 1.50. The largest absolute Gasteiger partial charge is 0.468 e. The van der Waals surface area contributed by atoms with Crippen LogP contribution in [0.1, 0.15) is 58.3 Å². The van der Waals surface area contributed by atoms with E-state index in [1.165, 1.54) is 7.11 Å². The van der Waals surface area contributed by atoms with E-state index in [-0.39, 0.29) is 23.6 Å². The molecule has 0 aliphatic heterocycles. The fraction of sp³-hybridized carbons (Fsp3) is 0.850. The summed E-state index contributed by atoms with van der Waals surface area (Å²) in [6.45, 7) is 2.25. The fourth-order valence-corrected chi connectivity index (χ4v) is 6.83. The molecule has 0 aromatic carbocycles. The number of methoxy groups -OCH3 is 1. The number of fused-ring (bicyclic) bond motifs is 5. The normalized spacial score (nSPS) is 50.3. The van der Waals surface area contributed by atoms with Gasteiger partial charge in [0.2, 0.25) is 0 Å². The van der Waals surface area contributed by atoms with Gasteiger partial charge in [-0.3, -0.25) is 4.79 Å². The minimum Gasteiger partial charge on any atom is -0.468 e. The van der Waals surface area contributed by atoms with Crippen LogP contribution in [0.2, 0.25) is 0 Å². The van der Waals surface area contributed by atoms with E-state index >= 15 is 0 Å². The van der Waals surface area contributed by atoms with Crippen LogP contribution < -0.4 is 0 Å². The highest BCUT2D eigenvalue weighted by Crippen LogP contribution is 2.65. The maximum atomic E-state index is 12.9. The zero-order valence-corrected chi connectivity index (χ0v) is 14.8. The molecule has 0 saturated heterocycles. The van der Waals surface area contributed by atoms with Crippen LogP contribution in [-0.2, 0) is 9.53 Å². The van der Waals surface area contributed by atoms with Gasteiger partial charge in [-0.25, -0.2) is 0 Å². The van der Waals surface area contributed by atoms with Gasteiger partial charge < -0.3 is 14.9 Å². The Morgan fingerprint density at radius 3 is 2.71 bits per heavy atom. The molecule has 0 aromatic rings. The third-order valence-electron chi connectivity index (χ3n) is 8.11. The highest BCUT2D eigenvalue weighted by Gasteiger charge is 2.62. The molecule has 0 spiro atoms. The van der Waals surface area contributed by atoms with E-state index in [2.05, 4.69) is 13.0 Å². The van der Waals surface area contributed by atoms with Gasteiger partial charge in [0, 0.05) is 0 Å². The van der Waals surface area contributed by atoms with Gasteiger partial charge in [-0.2, -0.15) is 0 Å². The number of hydrogen-bond donors (Lipinski definition) is 2. The first-order chi connectivity index (χ1) is 11.4. The maximum absolute atomic E-state index is 12.9. The molecule has 7 atom stereocenters. The summed E-state index contributed by atoms with van der Waals surface area (Å²) < 4.78 is 5.28. The average molecular weight is 334 g/mol. The molecule has 0 radical (unpaired) electrons. The topological polar surface area (TPSA) is 66.8 Å². The van der Waals surface area contributed by atoms with E-state index in [4.69, 9.17) is 4.74 Å². The first kappa shape index (κ1) is 16.6. The molecule has 4 nitrogen and oxygen atoms in total. The number of ether oxygens (including phenoxy) is 1. The first-order valence-corrected chi connectivity index (χ1v) is 9.57. The minimum atomic E-state index is -0.522. The van der Waals surface area contributed by atoms with Crippen molar-refractivity contribution in [2.75, 3.05) is 7.11 Å². The summed E-state index contributed by atoms with van der Waals surface area (Å²) in [5.41, 5.74) is 0.612. The van der Waals surface area contributed by atoms with E-state index < -0.39 is 5.41 Å². The van der Waals surface area contributed by atoms with Crippen molar-refractivity contribution in [3.63, 3.8) is 0 Å². The van der Waals surface area contributed by atoms with Crippen molar-refractivity contribution >= 4 is 5.97 Å². The van der Waals surface area contributed by atoms with Crippen LogP contribution in [0.15, 0.2) is 11.6 Å². The van der Waals surface area contributed by atoms with Gasteiger partial charge in [0.05, 0.1) is 24.7 Å². The second-order valence-corrected chi connectivity index (χ2v) is 8.84. The van der Waals surface area contributed by atoms with Crippen LogP contribution in [0, 0.1) is 28.6 Å². The van der Waals surface area contributed by atoms with Crippen LogP contribution in [0.5, 0.6) is 0 Å². The quantitative estimate of drug-likeness (QED) is 0.572. The lowest BCUT2D eigenvalue weighted by atomic mass is 9.47. The molecule has 3 fully saturated rings. The van der Waals surface area contributed by atoms with Crippen molar-refractivity contribution in [3.8, 4) is 0 Å². The number of aliphatic hydroxyl groups excluding tert-OH is 2. The second-order valence-electron chi connectivity index (χ2n) is 8.84. The van der Waals surface area contributed by atoms with Gasteiger partial charge >= 0.3 is 5.97 Å². The summed E-state index contributed by atoms with van der Waals surface area (Å²) in [5.74, 6) is 1.16. The van der Waals surface area contributed by atoms with Gasteiger partial charge in [0.1, 0.15) is 0 Å². The predicted molar refractivity (Wildman–Crippen MR) is 90.1 cm³/mol. The SMILES string of the molecule is COC(=O)[C@]12CC[C@H](O)CC1=CC[C@@H]1[C@@H]2CC[C@]2(C)[C@@H](O)CC[C@@H]12. The van der Waals surface area contributed by atoms with Crippen molar-refractivity contribution in [2.24, 2.45) is 28.6 Å². The van der Waals surface area contributed by atoms with Crippen molar-refractivity contribution in [3.05, 3.63) is 11.6 Å². The molecule has 2 N–H and O–H groups in total. The molecule has 4 rings (SSSR count).